The fourth-order valence-corrected chi connectivity index (χ4v) is 6.41. The summed E-state index contributed by atoms with van der Waals surface area (Å²) < 4.78 is 29.3. The molecule has 0 radical (unpaired) electrons. The molecule has 0 aliphatic rings. The van der Waals surface area contributed by atoms with Gasteiger partial charge in [0.2, 0.25) is 11.8 Å². The van der Waals surface area contributed by atoms with Crippen molar-refractivity contribution in [2.75, 3.05) is 17.4 Å². The van der Waals surface area contributed by atoms with Crippen molar-refractivity contribution in [1.29, 1.82) is 0 Å². The van der Waals surface area contributed by atoms with Gasteiger partial charge in [0, 0.05) is 19.5 Å². The Balaban J connectivity index is 1.78. The molecule has 1 N–H and O–H groups in total. The molecular formula is C36H41N3O4S. The molecule has 0 saturated heterocycles. The maximum absolute atomic E-state index is 14.4. The van der Waals surface area contributed by atoms with Crippen molar-refractivity contribution in [1.82, 2.24) is 10.2 Å². The van der Waals surface area contributed by atoms with Crippen molar-refractivity contribution < 1.29 is 18.0 Å². The number of benzene rings is 4. The Bertz CT molecular complexity index is 1590. The highest BCUT2D eigenvalue weighted by Gasteiger charge is 2.34. The average Bonchev–Trinajstić information content (AvgIpc) is 3.05. The highest BCUT2D eigenvalue weighted by atomic mass is 32.2. The molecule has 0 aromatic heterocycles. The largest absolute Gasteiger partial charge is 0.354 e. The van der Waals surface area contributed by atoms with Crippen LogP contribution in [0.25, 0.3) is 0 Å². The van der Waals surface area contributed by atoms with Gasteiger partial charge in [0.15, 0.2) is 0 Å². The lowest BCUT2D eigenvalue weighted by Gasteiger charge is -2.34. The predicted octanol–water partition coefficient (Wildman–Crippen LogP) is 6.17. The summed E-state index contributed by atoms with van der Waals surface area (Å²) in [6.07, 6.45) is 1.02. The van der Waals surface area contributed by atoms with Gasteiger partial charge >= 0.3 is 0 Å². The first kappa shape index (κ1) is 32.5. The van der Waals surface area contributed by atoms with E-state index in [0.717, 1.165) is 27.4 Å². The van der Waals surface area contributed by atoms with Crippen LogP contribution in [0.4, 0.5) is 5.69 Å². The Hall–Kier alpha value is -4.43. The summed E-state index contributed by atoms with van der Waals surface area (Å²) in [4.78, 5) is 29.7. The van der Waals surface area contributed by atoms with E-state index in [1.54, 1.807) is 30.3 Å². The summed E-state index contributed by atoms with van der Waals surface area (Å²) in [5.74, 6) is -0.501. The van der Waals surface area contributed by atoms with Gasteiger partial charge in [-0.25, -0.2) is 8.42 Å². The number of amides is 2. The first-order valence-electron chi connectivity index (χ1n) is 15.0. The van der Waals surface area contributed by atoms with Crippen LogP contribution in [-0.2, 0) is 32.6 Å². The number of nitrogens with zero attached hydrogens (tertiary/aromatic N) is 2. The Labute approximate surface area is 261 Å². The van der Waals surface area contributed by atoms with E-state index in [1.807, 2.05) is 79.7 Å². The Morgan fingerprint density at radius 1 is 0.750 bits per heavy atom. The molecule has 4 rings (SSSR count). The predicted molar refractivity (Wildman–Crippen MR) is 176 cm³/mol. The van der Waals surface area contributed by atoms with Crippen LogP contribution in [0.2, 0.25) is 0 Å². The van der Waals surface area contributed by atoms with Gasteiger partial charge in [-0.05, 0) is 53.3 Å². The van der Waals surface area contributed by atoms with Gasteiger partial charge in [0.1, 0.15) is 12.6 Å². The van der Waals surface area contributed by atoms with Crippen molar-refractivity contribution in [2.45, 2.75) is 57.0 Å². The second kappa shape index (κ2) is 15.3. The van der Waals surface area contributed by atoms with Crippen LogP contribution >= 0.6 is 0 Å². The molecule has 230 valence electrons. The van der Waals surface area contributed by atoms with E-state index in [4.69, 9.17) is 0 Å². The van der Waals surface area contributed by atoms with Crippen LogP contribution in [0.5, 0.6) is 0 Å². The van der Waals surface area contributed by atoms with E-state index in [1.165, 1.54) is 17.0 Å². The van der Waals surface area contributed by atoms with E-state index >= 15 is 0 Å². The number of anilines is 1. The van der Waals surface area contributed by atoms with Crippen LogP contribution in [0.3, 0.4) is 0 Å². The summed E-state index contributed by atoms with van der Waals surface area (Å²) in [6.45, 7) is 6.23. The minimum absolute atomic E-state index is 0.0804. The van der Waals surface area contributed by atoms with Crippen LogP contribution < -0.4 is 9.62 Å². The molecule has 0 aliphatic carbocycles. The summed E-state index contributed by atoms with van der Waals surface area (Å²) in [5.41, 5.74) is 3.16. The summed E-state index contributed by atoms with van der Waals surface area (Å²) in [7, 11) is -4.12. The van der Waals surface area contributed by atoms with Gasteiger partial charge in [-0.3, -0.25) is 13.9 Å². The molecule has 0 heterocycles. The van der Waals surface area contributed by atoms with Crippen molar-refractivity contribution >= 4 is 27.5 Å². The zero-order valence-corrected chi connectivity index (χ0v) is 26.4. The molecule has 1 atom stereocenters. The van der Waals surface area contributed by atoms with Gasteiger partial charge in [-0.2, -0.15) is 0 Å². The lowest BCUT2D eigenvalue weighted by atomic mass is 10.0. The monoisotopic (exact) mass is 611 g/mol. The maximum Gasteiger partial charge on any atom is 0.264 e. The Morgan fingerprint density at radius 2 is 1.30 bits per heavy atom. The molecule has 0 aliphatic heterocycles. The maximum atomic E-state index is 14.4. The zero-order valence-electron chi connectivity index (χ0n) is 25.6. The van der Waals surface area contributed by atoms with Crippen LogP contribution in [0.1, 0.15) is 49.8 Å². The van der Waals surface area contributed by atoms with Crippen molar-refractivity contribution in [3.8, 4) is 0 Å². The lowest BCUT2D eigenvalue weighted by molar-refractivity contribution is -0.140. The molecule has 0 unspecified atom stereocenters. The van der Waals surface area contributed by atoms with Crippen LogP contribution in [0, 0.1) is 0 Å². The van der Waals surface area contributed by atoms with Crippen molar-refractivity contribution in [3.05, 3.63) is 132 Å². The van der Waals surface area contributed by atoms with E-state index in [-0.39, 0.29) is 29.7 Å². The molecule has 8 heteroatoms. The molecule has 4 aromatic carbocycles. The normalized spacial score (nSPS) is 12.0. The van der Waals surface area contributed by atoms with Crippen LogP contribution in [-0.4, -0.2) is 44.3 Å². The molecular weight excluding hydrogens is 570 g/mol. The Kier molecular flexibility index (Phi) is 11.3. The standard InChI is InChI=1S/C36H41N3O4S/c1-4-24-37-36(41)34(25-29-14-8-5-9-15-29)38(26-30-16-10-6-11-17-30)35(40)27-39(32-22-20-31(21-23-32)28(2)3)44(42,43)33-18-12-7-13-19-33/h5-23,28,34H,4,24-27H2,1-3H3,(H,37,41)/t34-/m0/s1. The SMILES string of the molecule is CCCNC(=O)[C@H](Cc1ccccc1)N(Cc1ccccc1)C(=O)CN(c1ccc(C(C)C)cc1)S(=O)(=O)c1ccccc1. The molecule has 44 heavy (non-hydrogen) atoms. The minimum Gasteiger partial charge on any atom is -0.354 e. The van der Waals surface area contributed by atoms with Crippen molar-refractivity contribution in [2.24, 2.45) is 0 Å². The minimum atomic E-state index is -4.12. The van der Waals surface area contributed by atoms with E-state index in [2.05, 4.69) is 19.2 Å². The number of sulfonamides is 1. The lowest BCUT2D eigenvalue weighted by Crippen LogP contribution is -2.53. The van der Waals surface area contributed by atoms with Gasteiger partial charge in [-0.15, -0.1) is 0 Å². The second-order valence-corrected chi connectivity index (χ2v) is 12.9. The topological polar surface area (TPSA) is 86.8 Å². The van der Waals surface area contributed by atoms with E-state index in [9.17, 15) is 18.0 Å². The van der Waals surface area contributed by atoms with Gasteiger partial charge in [0.25, 0.3) is 10.0 Å². The third kappa shape index (κ3) is 8.35. The average molecular weight is 612 g/mol. The Morgan fingerprint density at radius 3 is 1.84 bits per heavy atom. The number of hydrogen-bond donors (Lipinski definition) is 1. The smallest absolute Gasteiger partial charge is 0.264 e. The highest BCUT2D eigenvalue weighted by Crippen LogP contribution is 2.27. The highest BCUT2D eigenvalue weighted by molar-refractivity contribution is 7.92. The van der Waals surface area contributed by atoms with Gasteiger partial charge in [-0.1, -0.05) is 112 Å². The number of carbonyl (C=O) groups is 2. The summed E-state index contributed by atoms with van der Waals surface area (Å²) >= 11 is 0. The quantitative estimate of drug-likeness (QED) is 0.185. The third-order valence-electron chi connectivity index (χ3n) is 7.47. The van der Waals surface area contributed by atoms with E-state index < -0.39 is 28.5 Å². The number of rotatable bonds is 14. The molecule has 7 nitrogen and oxygen atoms in total. The number of carbonyl (C=O) groups excluding carboxylic acids is 2. The fraction of sp³-hybridized carbons (Fsp3) is 0.278. The molecule has 0 saturated carbocycles. The van der Waals surface area contributed by atoms with Crippen molar-refractivity contribution in [3.63, 3.8) is 0 Å². The van der Waals surface area contributed by atoms with Crippen LogP contribution in [0.15, 0.2) is 120 Å². The molecule has 2 amide bonds. The molecule has 0 fully saturated rings. The first-order chi connectivity index (χ1) is 21.2. The molecule has 0 bridgehead atoms. The third-order valence-corrected chi connectivity index (χ3v) is 9.26. The van der Waals surface area contributed by atoms with Gasteiger partial charge in [0.05, 0.1) is 10.6 Å². The van der Waals surface area contributed by atoms with Gasteiger partial charge < -0.3 is 10.2 Å². The fourth-order valence-electron chi connectivity index (χ4n) is 4.97. The summed E-state index contributed by atoms with van der Waals surface area (Å²) in [6, 6.07) is 33.5. The second-order valence-electron chi connectivity index (χ2n) is 11.1. The molecule has 0 spiro atoms. The summed E-state index contributed by atoms with van der Waals surface area (Å²) in [5, 5.41) is 2.97. The first-order valence-corrected chi connectivity index (χ1v) is 16.5. The number of hydrogen-bond acceptors (Lipinski definition) is 4. The number of nitrogens with one attached hydrogen (secondary N) is 1. The molecule has 4 aromatic rings. The van der Waals surface area contributed by atoms with E-state index in [0.29, 0.717) is 12.2 Å². The zero-order chi connectivity index (χ0) is 31.5.